The minimum Gasteiger partial charge on any atom is -0.481 e. The maximum absolute atomic E-state index is 12.2. The van der Waals surface area contributed by atoms with Crippen molar-refractivity contribution in [1.29, 1.82) is 0 Å². The Bertz CT molecular complexity index is 669. The zero-order chi connectivity index (χ0) is 17.0. The number of carbonyl (C=O) groups is 1. The molecule has 0 amide bonds. The van der Waals surface area contributed by atoms with Gasteiger partial charge in [-0.1, -0.05) is 18.2 Å². The van der Waals surface area contributed by atoms with Gasteiger partial charge in [-0.15, -0.1) is 0 Å². The number of nitro groups is 1. The van der Waals surface area contributed by atoms with Crippen LogP contribution in [0.3, 0.4) is 0 Å². The first-order chi connectivity index (χ1) is 10.0. The lowest BCUT2D eigenvalue weighted by molar-refractivity contribution is -0.385. The van der Waals surface area contributed by atoms with Crippen LogP contribution >= 0.6 is 0 Å². The van der Waals surface area contributed by atoms with E-state index >= 15 is 0 Å². The molecule has 0 saturated carbocycles. The van der Waals surface area contributed by atoms with Crippen molar-refractivity contribution in [3.05, 3.63) is 39.9 Å². The minimum atomic E-state index is -3.84. The quantitative estimate of drug-likeness (QED) is 0.551. The minimum absolute atomic E-state index is 0.0778. The lowest BCUT2D eigenvalue weighted by atomic mass is 10.0. The average molecular weight is 330 g/mol. The molecule has 0 aliphatic heterocycles. The third-order valence-electron chi connectivity index (χ3n) is 2.93. The second-order valence-electron chi connectivity index (χ2n) is 5.52. The van der Waals surface area contributed by atoms with Gasteiger partial charge in [-0.3, -0.25) is 14.9 Å². The van der Waals surface area contributed by atoms with E-state index in [0.29, 0.717) is 0 Å². The second-order valence-corrected chi connectivity index (χ2v) is 7.25. The number of carboxylic acid groups (broad SMARTS) is 1. The standard InChI is InChI=1S/C13H18N2O6S/c1-13(2,8-7-12(16)17)14-22(20,21)9-10-5-3-4-6-11(10)15(18)19/h3-6,14H,7-9H2,1-2H3,(H,16,17). The van der Waals surface area contributed by atoms with Gasteiger partial charge >= 0.3 is 5.97 Å². The largest absolute Gasteiger partial charge is 0.481 e. The Kier molecular flexibility index (Phi) is 5.61. The number of rotatable bonds is 8. The number of aliphatic carboxylic acids is 1. The lowest BCUT2D eigenvalue weighted by Gasteiger charge is -2.25. The highest BCUT2D eigenvalue weighted by molar-refractivity contribution is 7.88. The fourth-order valence-electron chi connectivity index (χ4n) is 1.94. The van der Waals surface area contributed by atoms with Crippen LogP contribution in [0.5, 0.6) is 0 Å². The van der Waals surface area contributed by atoms with Gasteiger partial charge in [0, 0.05) is 23.6 Å². The molecule has 1 rings (SSSR count). The zero-order valence-corrected chi connectivity index (χ0v) is 13.1. The summed E-state index contributed by atoms with van der Waals surface area (Å²) in [5.41, 5.74) is -1.15. The molecule has 0 unspecified atom stereocenters. The Hall–Kier alpha value is -2.00. The molecule has 122 valence electrons. The van der Waals surface area contributed by atoms with Crippen molar-refractivity contribution in [2.45, 2.75) is 38.0 Å². The third-order valence-corrected chi connectivity index (χ3v) is 4.48. The third kappa shape index (κ3) is 5.78. The summed E-state index contributed by atoms with van der Waals surface area (Å²) in [4.78, 5) is 20.8. The summed E-state index contributed by atoms with van der Waals surface area (Å²) >= 11 is 0. The number of nitrogens with one attached hydrogen (secondary N) is 1. The Balaban J connectivity index is 2.88. The van der Waals surface area contributed by atoms with E-state index in [1.807, 2.05) is 0 Å². The first-order valence-corrected chi connectivity index (χ1v) is 8.13. The molecule has 2 N–H and O–H groups in total. The van der Waals surface area contributed by atoms with Crippen LogP contribution in [-0.2, 0) is 20.6 Å². The van der Waals surface area contributed by atoms with Crippen molar-refractivity contribution < 1.29 is 23.2 Å². The zero-order valence-electron chi connectivity index (χ0n) is 12.3. The molecule has 0 atom stereocenters. The molecule has 1 aromatic carbocycles. The molecule has 0 aliphatic carbocycles. The van der Waals surface area contributed by atoms with Crippen molar-refractivity contribution >= 4 is 21.7 Å². The van der Waals surface area contributed by atoms with Gasteiger partial charge in [0.15, 0.2) is 0 Å². The van der Waals surface area contributed by atoms with Crippen molar-refractivity contribution in [2.75, 3.05) is 0 Å². The number of para-hydroxylation sites is 1. The molecule has 8 nitrogen and oxygen atoms in total. The summed E-state index contributed by atoms with van der Waals surface area (Å²) in [6.45, 7) is 3.12. The summed E-state index contributed by atoms with van der Waals surface area (Å²) < 4.78 is 26.7. The molecule has 0 saturated heterocycles. The summed E-state index contributed by atoms with van der Waals surface area (Å²) in [7, 11) is -3.84. The first kappa shape index (κ1) is 18.1. The van der Waals surface area contributed by atoms with Crippen LogP contribution in [0.4, 0.5) is 5.69 Å². The second kappa shape index (κ2) is 6.84. The number of sulfonamides is 1. The molecule has 0 bridgehead atoms. The highest BCUT2D eigenvalue weighted by Crippen LogP contribution is 2.21. The number of benzene rings is 1. The topological polar surface area (TPSA) is 127 Å². The maximum atomic E-state index is 12.2. The van der Waals surface area contributed by atoms with E-state index in [-0.39, 0.29) is 24.1 Å². The van der Waals surface area contributed by atoms with Crippen LogP contribution in [-0.4, -0.2) is 30.0 Å². The normalized spacial score (nSPS) is 12.1. The van der Waals surface area contributed by atoms with E-state index in [2.05, 4.69) is 4.72 Å². The van der Waals surface area contributed by atoms with E-state index in [0.717, 1.165) is 0 Å². The van der Waals surface area contributed by atoms with Gasteiger partial charge < -0.3 is 5.11 Å². The molecule has 0 fully saturated rings. The molecule has 0 heterocycles. The number of carboxylic acids is 1. The number of hydrogen-bond donors (Lipinski definition) is 2. The molecule has 22 heavy (non-hydrogen) atoms. The summed E-state index contributed by atoms with van der Waals surface area (Å²) in [5.74, 6) is -1.56. The van der Waals surface area contributed by atoms with E-state index in [9.17, 15) is 23.3 Å². The van der Waals surface area contributed by atoms with E-state index < -0.39 is 32.2 Å². The molecule has 0 spiro atoms. The predicted molar refractivity (Wildman–Crippen MR) is 79.8 cm³/mol. The van der Waals surface area contributed by atoms with E-state index in [1.54, 1.807) is 13.8 Å². The number of nitrogens with zero attached hydrogens (tertiary/aromatic N) is 1. The van der Waals surface area contributed by atoms with Gasteiger partial charge in [0.05, 0.1) is 10.7 Å². The van der Waals surface area contributed by atoms with Crippen LogP contribution < -0.4 is 4.72 Å². The molecule has 9 heteroatoms. The Morgan fingerprint density at radius 1 is 1.36 bits per heavy atom. The van der Waals surface area contributed by atoms with Gasteiger partial charge in [0.25, 0.3) is 5.69 Å². The molecule has 0 aromatic heterocycles. The first-order valence-electron chi connectivity index (χ1n) is 6.48. The summed E-state index contributed by atoms with van der Waals surface area (Å²) in [6, 6.07) is 5.59. The SMILES string of the molecule is CC(C)(CCC(=O)O)NS(=O)(=O)Cc1ccccc1[N+](=O)[O-]. The monoisotopic (exact) mass is 330 g/mol. The van der Waals surface area contributed by atoms with Crippen LogP contribution in [0, 0.1) is 10.1 Å². The van der Waals surface area contributed by atoms with Gasteiger partial charge in [-0.25, -0.2) is 13.1 Å². The van der Waals surface area contributed by atoms with Crippen LogP contribution in [0.15, 0.2) is 24.3 Å². The van der Waals surface area contributed by atoms with Crippen LogP contribution in [0.1, 0.15) is 32.3 Å². The van der Waals surface area contributed by atoms with Crippen molar-refractivity contribution in [3.63, 3.8) is 0 Å². The van der Waals surface area contributed by atoms with E-state index in [4.69, 9.17) is 5.11 Å². The summed E-state index contributed by atoms with van der Waals surface area (Å²) in [5, 5.41) is 19.6. The highest BCUT2D eigenvalue weighted by Gasteiger charge is 2.27. The molecule has 0 radical (unpaired) electrons. The van der Waals surface area contributed by atoms with Crippen LogP contribution in [0.2, 0.25) is 0 Å². The lowest BCUT2D eigenvalue weighted by Crippen LogP contribution is -2.44. The van der Waals surface area contributed by atoms with Crippen LogP contribution in [0.25, 0.3) is 0 Å². The highest BCUT2D eigenvalue weighted by atomic mass is 32.2. The maximum Gasteiger partial charge on any atom is 0.303 e. The fourth-order valence-corrected chi connectivity index (χ4v) is 3.61. The van der Waals surface area contributed by atoms with Gasteiger partial charge in [0.1, 0.15) is 0 Å². The Morgan fingerprint density at radius 3 is 2.50 bits per heavy atom. The van der Waals surface area contributed by atoms with Crippen molar-refractivity contribution in [1.82, 2.24) is 4.72 Å². The van der Waals surface area contributed by atoms with Gasteiger partial charge in [0.2, 0.25) is 10.0 Å². The number of nitro benzene ring substituents is 1. The van der Waals surface area contributed by atoms with Gasteiger partial charge in [-0.2, -0.15) is 0 Å². The Labute approximate surface area is 128 Å². The fraction of sp³-hybridized carbons (Fsp3) is 0.462. The molecular formula is C13H18N2O6S. The molecule has 1 aromatic rings. The van der Waals surface area contributed by atoms with Gasteiger partial charge in [-0.05, 0) is 20.3 Å². The van der Waals surface area contributed by atoms with E-state index in [1.165, 1.54) is 24.3 Å². The Morgan fingerprint density at radius 2 is 1.95 bits per heavy atom. The molecular weight excluding hydrogens is 312 g/mol. The average Bonchev–Trinajstić information content (AvgIpc) is 2.35. The predicted octanol–water partition coefficient (Wildman–Crippen LogP) is 1.66. The number of hydrogen-bond acceptors (Lipinski definition) is 5. The smallest absolute Gasteiger partial charge is 0.303 e. The molecule has 0 aliphatic rings. The van der Waals surface area contributed by atoms with Crippen molar-refractivity contribution in [2.24, 2.45) is 0 Å². The summed E-state index contributed by atoms with van der Waals surface area (Å²) in [6.07, 6.45) is -0.0700. The van der Waals surface area contributed by atoms with Crippen molar-refractivity contribution in [3.8, 4) is 0 Å².